The second-order valence-corrected chi connectivity index (χ2v) is 6.94. The van der Waals surface area contributed by atoms with Gasteiger partial charge in [0.25, 0.3) is 0 Å². The highest BCUT2D eigenvalue weighted by Gasteiger charge is 2.20. The van der Waals surface area contributed by atoms with Gasteiger partial charge < -0.3 is 15.7 Å². The van der Waals surface area contributed by atoms with Crippen molar-refractivity contribution < 1.29 is 9.90 Å². The Bertz CT molecular complexity index is 610. The Balaban J connectivity index is 1.44. The van der Waals surface area contributed by atoms with Crippen LogP contribution in [0.3, 0.4) is 0 Å². The Morgan fingerprint density at radius 3 is 3.00 bits per heavy atom. The second kappa shape index (κ2) is 7.07. The van der Waals surface area contributed by atoms with E-state index in [-0.39, 0.29) is 12.1 Å². The third kappa shape index (κ3) is 3.96. The first-order chi connectivity index (χ1) is 10.7. The average molecular weight is 319 g/mol. The van der Waals surface area contributed by atoms with Crippen LogP contribution in [0.2, 0.25) is 0 Å². The number of hydrogen-bond acceptors (Lipinski definition) is 4. The number of nitrogens with zero attached hydrogens (tertiary/aromatic N) is 1. The highest BCUT2D eigenvalue weighted by Crippen LogP contribution is 2.23. The zero-order chi connectivity index (χ0) is 15.4. The summed E-state index contributed by atoms with van der Waals surface area (Å²) < 4.78 is 1.14. The van der Waals surface area contributed by atoms with Crippen LogP contribution in [0.25, 0.3) is 10.2 Å². The van der Waals surface area contributed by atoms with Crippen molar-refractivity contribution in [1.82, 2.24) is 15.6 Å². The number of aromatic nitrogens is 1. The summed E-state index contributed by atoms with van der Waals surface area (Å²) in [7, 11) is 0. The van der Waals surface area contributed by atoms with Crippen LogP contribution in [0.5, 0.6) is 0 Å². The molecule has 22 heavy (non-hydrogen) atoms. The Kier molecular flexibility index (Phi) is 4.90. The lowest BCUT2D eigenvalue weighted by Gasteiger charge is -2.25. The van der Waals surface area contributed by atoms with E-state index in [1.54, 1.807) is 11.3 Å². The Morgan fingerprint density at radius 2 is 2.18 bits per heavy atom. The van der Waals surface area contributed by atoms with Gasteiger partial charge in [-0.3, -0.25) is 0 Å². The summed E-state index contributed by atoms with van der Waals surface area (Å²) in [5, 5.41) is 16.3. The van der Waals surface area contributed by atoms with Crippen LogP contribution in [-0.2, 0) is 6.54 Å². The topological polar surface area (TPSA) is 74.2 Å². The zero-order valence-electron chi connectivity index (χ0n) is 12.4. The van der Waals surface area contributed by atoms with Crippen molar-refractivity contribution in [3.63, 3.8) is 0 Å². The number of hydrogen-bond donors (Lipinski definition) is 3. The number of urea groups is 1. The number of aliphatic hydroxyl groups is 1. The first kappa shape index (κ1) is 15.2. The van der Waals surface area contributed by atoms with E-state index in [1.807, 2.05) is 24.3 Å². The lowest BCUT2D eigenvalue weighted by Crippen LogP contribution is -2.39. The molecular weight excluding hydrogens is 298 g/mol. The summed E-state index contributed by atoms with van der Waals surface area (Å²) in [6.45, 7) is 1.07. The maximum absolute atomic E-state index is 11.8. The minimum Gasteiger partial charge on any atom is -0.393 e. The molecule has 0 spiro atoms. The van der Waals surface area contributed by atoms with E-state index < -0.39 is 0 Å². The monoisotopic (exact) mass is 319 g/mol. The molecule has 1 saturated carbocycles. The quantitative estimate of drug-likeness (QED) is 0.811. The molecule has 5 nitrogen and oxygen atoms in total. The SMILES string of the molecule is O=C(NCc1nc2ccccc2s1)NCC1CCCC(O)C1. The third-order valence-electron chi connectivity index (χ3n) is 4.04. The molecule has 1 aliphatic rings. The highest BCUT2D eigenvalue weighted by atomic mass is 32.1. The molecule has 0 saturated heterocycles. The lowest BCUT2D eigenvalue weighted by atomic mass is 9.87. The van der Waals surface area contributed by atoms with Gasteiger partial charge in [-0.15, -0.1) is 11.3 Å². The molecule has 118 valence electrons. The van der Waals surface area contributed by atoms with Crippen molar-refractivity contribution in [3.8, 4) is 0 Å². The van der Waals surface area contributed by atoms with E-state index in [1.165, 1.54) is 0 Å². The fraction of sp³-hybridized carbons (Fsp3) is 0.500. The molecule has 2 unspecified atom stereocenters. The van der Waals surface area contributed by atoms with Gasteiger partial charge in [0, 0.05) is 6.54 Å². The third-order valence-corrected chi connectivity index (χ3v) is 5.08. The van der Waals surface area contributed by atoms with Crippen molar-refractivity contribution in [2.75, 3.05) is 6.54 Å². The molecule has 6 heteroatoms. The van der Waals surface area contributed by atoms with E-state index in [0.29, 0.717) is 19.0 Å². The number of amides is 2. The van der Waals surface area contributed by atoms with E-state index in [9.17, 15) is 9.90 Å². The number of nitrogens with one attached hydrogen (secondary N) is 2. The van der Waals surface area contributed by atoms with Gasteiger partial charge in [0.1, 0.15) is 5.01 Å². The van der Waals surface area contributed by atoms with E-state index in [0.717, 1.165) is 40.9 Å². The van der Waals surface area contributed by atoms with Crippen molar-refractivity contribution in [1.29, 1.82) is 0 Å². The highest BCUT2D eigenvalue weighted by molar-refractivity contribution is 7.18. The van der Waals surface area contributed by atoms with Gasteiger partial charge in [-0.1, -0.05) is 18.6 Å². The van der Waals surface area contributed by atoms with Crippen molar-refractivity contribution in [2.45, 2.75) is 38.3 Å². The number of para-hydroxylation sites is 1. The summed E-state index contributed by atoms with van der Waals surface area (Å²) in [5.74, 6) is 0.386. The van der Waals surface area contributed by atoms with Crippen LogP contribution in [0.15, 0.2) is 24.3 Å². The molecule has 2 amide bonds. The number of aliphatic hydroxyl groups excluding tert-OH is 1. The van der Waals surface area contributed by atoms with Crippen LogP contribution in [-0.4, -0.2) is 28.8 Å². The van der Waals surface area contributed by atoms with Crippen molar-refractivity contribution in [2.24, 2.45) is 5.92 Å². The van der Waals surface area contributed by atoms with Crippen LogP contribution in [0, 0.1) is 5.92 Å². The molecule has 0 radical (unpaired) electrons. The summed E-state index contributed by atoms with van der Waals surface area (Å²) >= 11 is 1.60. The van der Waals surface area contributed by atoms with Crippen molar-refractivity contribution in [3.05, 3.63) is 29.3 Å². The standard InChI is InChI=1S/C16H21N3O2S/c20-12-5-3-4-11(8-12)9-17-16(21)18-10-15-19-13-6-1-2-7-14(13)22-15/h1-2,6-7,11-12,20H,3-5,8-10H2,(H2,17,18,21). The first-order valence-electron chi connectivity index (χ1n) is 7.75. The van der Waals surface area contributed by atoms with Crippen LogP contribution < -0.4 is 10.6 Å². The van der Waals surface area contributed by atoms with Crippen molar-refractivity contribution >= 4 is 27.6 Å². The summed E-state index contributed by atoms with van der Waals surface area (Å²) in [4.78, 5) is 16.3. The number of carbonyl (C=O) groups excluding carboxylic acids is 1. The molecule has 1 heterocycles. The summed E-state index contributed by atoms with van der Waals surface area (Å²) in [5.41, 5.74) is 0.973. The molecule has 1 aromatic heterocycles. The van der Waals surface area contributed by atoms with Gasteiger partial charge in [-0.25, -0.2) is 9.78 Å². The normalized spacial score (nSPS) is 21.7. The molecule has 3 N–H and O–H groups in total. The van der Waals surface area contributed by atoms with Gasteiger partial charge in [-0.2, -0.15) is 0 Å². The molecule has 0 aliphatic heterocycles. The van der Waals surface area contributed by atoms with E-state index in [2.05, 4.69) is 15.6 Å². The molecular formula is C16H21N3O2S. The molecule has 3 rings (SSSR count). The van der Waals surface area contributed by atoms with Crippen LogP contribution in [0.1, 0.15) is 30.7 Å². The number of thiazole rings is 1. The molecule has 0 bridgehead atoms. The predicted molar refractivity (Wildman–Crippen MR) is 87.8 cm³/mol. The number of rotatable bonds is 4. The number of benzene rings is 1. The van der Waals surface area contributed by atoms with Crippen LogP contribution in [0.4, 0.5) is 4.79 Å². The first-order valence-corrected chi connectivity index (χ1v) is 8.56. The smallest absolute Gasteiger partial charge is 0.315 e. The number of fused-ring (bicyclic) bond motifs is 1. The van der Waals surface area contributed by atoms with Gasteiger partial charge >= 0.3 is 6.03 Å². The second-order valence-electron chi connectivity index (χ2n) is 5.83. The van der Waals surface area contributed by atoms with Gasteiger partial charge in [-0.05, 0) is 37.3 Å². The Labute approximate surface area is 133 Å². The largest absolute Gasteiger partial charge is 0.393 e. The Morgan fingerprint density at radius 1 is 1.32 bits per heavy atom. The van der Waals surface area contributed by atoms with E-state index in [4.69, 9.17) is 0 Å². The average Bonchev–Trinajstić information content (AvgIpc) is 2.94. The van der Waals surface area contributed by atoms with Gasteiger partial charge in [0.2, 0.25) is 0 Å². The molecule has 1 aliphatic carbocycles. The maximum atomic E-state index is 11.8. The number of carbonyl (C=O) groups is 1. The fourth-order valence-corrected chi connectivity index (χ4v) is 3.81. The van der Waals surface area contributed by atoms with Gasteiger partial charge in [0.05, 0.1) is 22.9 Å². The van der Waals surface area contributed by atoms with Crippen LogP contribution >= 0.6 is 11.3 Å². The maximum Gasteiger partial charge on any atom is 0.315 e. The molecule has 2 aromatic rings. The molecule has 1 fully saturated rings. The van der Waals surface area contributed by atoms with E-state index >= 15 is 0 Å². The summed E-state index contributed by atoms with van der Waals surface area (Å²) in [6, 6.07) is 7.79. The zero-order valence-corrected chi connectivity index (χ0v) is 13.2. The van der Waals surface area contributed by atoms with Gasteiger partial charge in [0.15, 0.2) is 0 Å². The lowest BCUT2D eigenvalue weighted by molar-refractivity contribution is 0.101. The summed E-state index contributed by atoms with van der Waals surface area (Å²) in [6.07, 6.45) is 3.60. The fourth-order valence-electron chi connectivity index (χ4n) is 2.90. The molecule has 2 atom stereocenters. The predicted octanol–water partition coefficient (Wildman–Crippen LogP) is 2.65. The minimum absolute atomic E-state index is 0.167. The Hall–Kier alpha value is -1.66. The molecule has 1 aromatic carbocycles. The minimum atomic E-state index is -0.202.